The van der Waals surface area contributed by atoms with E-state index in [1.807, 2.05) is 6.92 Å². The fourth-order valence-electron chi connectivity index (χ4n) is 20.6. The van der Waals surface area contributed by atoms with Gasteiger partial charge in [0.25, 0.3) is 0 Å². The van der Waals surface area contributed by atoms with Crippen LogP contribution in [0.4, 0.5) is 0 Å². The van der Waals surface area contributed by atoms with Gasteiger partial charge in [-0.15, -0.1) is 0 Å². The molecular formula is C88H110O8P2Pt+2. The molecule has 0 bridgehead atoms. The number of hydrogen-bond acceptors (Lipinski definition) is 6. The second-order valence-electron chi connectivity index (χ2n) is 31.5. The maximum Gasteiger partial charge on any atom is 0.303 e. The molecule has 0 aromatic heterocycles. The van der Waals surface area contributed by atoms with Gasteiger partial charge in [-0.25, -0.2) is 0 Å². The first-order chi connectivity index (χ1) is 46.9. The van der Waals surface area contributed by atoms with Crippen molar-refractivity contribution in [3.63, 3.8) is 0 Å². The first-order valence-corrected chi connectivity index (χ1v) is 39.9. The molecule has 0 spiro atoms. The normalized spacial score (nSPS) is 30.4. The van der Waals surface area contributed by atoms with Gasteiger partial charge in [0.15, 0.2) is 0 Å². The van der Waals surface area contributed by atoms with Crippen LogP contribution in [0.1, 0.15) is 171 Å². The zero-order valence-electron chi connectivity index (χ0n) is 60.1. The van der Waals surface area contributed by atoms with Crippen LogP contribution in [0.2, 0.25) is 0 Å². The maximum atomic E-state index is 13.6. The number of carboxylic acid groups (broad SMARTS) is 2. The Balaban J connectivity index is 0.000000151. The van der Waals surface area contributed by atoms with Crippen molar-refractivity contribution >= 4 is 82.7 Å². The predicted molar refractivity (Wildman–Crippen MR) is 407 cm³/mol. The molecular weight excluding hydrogens is 1440 g/mol. The first-order valence-electron chi connectivity index (χ1n) is 36.9. The van der Waals surface area contributed by atoms with Crippen molar-refractivity contribution in [2.75, 3.05) is 0 Å². The molecule has 11 heteroatoms. The van der Waals surface area contributed by atoms with Crippen molar-refractivity contribution in [2.45, 2.75) is 171 Å². The van der Waals surface area contributed by atoms with E-state index in [0.29, 0.717) is 85.2 Å². The monoisotopic (exact) mass is 1550 g/mol. The summed E-state index contributed by atoms with van der Waals surface area (Å²) in [6, 6.07) is 65.0. The van der Waals surface area contributed by atoms with Crippen LogP contribution in [0.3, 0.4) is 0 Å². The first kappa shape index (κ1) is 77.1. The minimum atomic E-state index is -0.877. The number of allylic oxidation sites excluding steroid dienone is 2. The van der Waals surface area contributed by atoms with Crippen molar-refractivity contribution in [3.05, 3.63) is 206 Å². The van der Waals surface area contributed by atoms with Gasteiger partial charge < -0.3 is 10.2 Å². The van der Waals surface area contributed by atoms with Gasteiger partial charge in [0.2, 0.25) is 0 Å². The van der Waals surface area contributed by atoms with Crippen molar-refractivity contribution in [2.24, 2.45) is 92.7 Å². The molecule has 8 saturated carbocycles. The van der Waals surface area contributed by atoms with Gasteiger partial charge in [-0.05, 0) is 219 Å². The summed E-state index contributed by atoms with van der Waals surface area (Å²) in [6.07, 6.45) is 14.2. The Morgan fingerprint density at radius 2 is 0.828 bits per heavy atom. The molecule has 2 N–H and O–H groups in total. The van der Waals surface area contributed by atoms with Crippen LogP contribution >= 0.6 is 15.8 Å². The van der Waals surface area contributed by atoms with Gasteiger partial charge in [-0.3, -0.25) is 28.8 Å². The van der Waals surface area contributed by atoms with E-state index in [1.54, 1.807) is 0 Å². The summed E-state index contributed by atoms with van der Waals surface area (Å²) in [4.78, 5) is 72.9. The van der Waals surface area contributed by atoms with E-state index in [9.17, 15) is 28.8 Å². The largest absolute Gasteiger partial charge is 0.481 e. The molecule has 8 aliphatic carbocycles. The van der Waals surface area contributed by atoms with Crippen LogP contribution in [0.15, 0.2) is 206 Å². The fourth-order valence-corrected chi connectivity index (χ4v) is 25.8. The van der Waals surface area contributed by atoms with Gasteiger partial charge in [-0.2, -0.15) is 0 Å². The predicted octanol–water partition coefficient (Wildman–Crippen LogP) is 17.5. The molecule has 6 aromatic rings. The Kier molecular flexibility index (Phi) is 26.4. The molecule has 8 nitrogen and oxygen atoms in total. The molecule has 14 rings (SSSR count). The molecule has 8 aliphatic rings. The minimum absolute atomic E-state index is 0. The zero-order chi connectivity index (χ0) is 70.1. The standard InChI is InChI=1S/C24H34O5.C24H36O.2C18H15P.C4H8O2.Pt/c1-13(4-7-21(28)29)16-5-6-17-22-18(12-20(27)24(16,17)3)23(2)9-8-15(25)10-14(23)11-19(22)26;1-14(2)18-7-8-19-22-20(12-16(4)24(18,19)6)23(5)10-9-15(3)11-17(23)13-21(22)25;2*1-4-10-16(11-5-1)19(17-12-6-2-7-13-17)18-14-8-3-9-15-18;1-2-3-4(5)6;/h13-14,16-18,22H,4-12H2,1-3H3,(H,28,29);14,17-20,22H,3-4,7-13H2,1-2,5-6H3;2*1-15H;2-3H2,1H3,(H,5,6);/p+2/t13?,14?,16?,17?,18?,22?,23-,24+;17?,18?,19?,20?,22?,23-,24+;;;;/m01..../s1. The van der Waals surface area contributed by atoms with E-state index in [0.717, 1.165) is 51.4 Å². The fraction of sp³-hybridized carbons (Fsp3) is 0.477. The SMILES string of the molecule is C=C1CC[C@]2(C)C(C1)CC(=O)C1C2CC(=C)[C@@]2(C)C(C(C)C)CCC12.CC(CCC(=O)O)C1CCC2C3C(=O)CC4CC(=O)CC[C@]4(C)C3CC(=O)[C@]12C.CCCC(=O)O.[Pt].c1ccc([PH+](c2ccccc2)c2ccccc2)cc1.c1ccc([PH+](c2ccccc2)c2ccccc2)cc1. The Bertz CT molecular complexity index is 3430. The van der Waals surface area contributed by atoms with Crippen molar-refractivity contribution < 1.29 is 60.0 Å². The molecule has 0 radical (unpaired) electrons. The molecule has 528 valence electrons. The van der Waals surface area contributed by atoms with Crippen LogP contribution in [-0.2, 0) is 49.8 Å². The van der Waals surface area contributed by atoms with Gasteiger partial charge in [0.1, 0.15) is 55.0 Å². The molecule has 8 fully saturated rings. The van der Waals surface area contributed by atoms with Crippen LogP contribution in [0.5, 0.6) is 0 Å². The average molecular weight is 1550 g/mol. The van der Waals surface area contributed by atoms with E-state index in [2.05, 4.69) is 244 Å². The van der Waals surface area contributed by atoms with E-state index < -0.39 is 33.2 Å². The third kappa shape index (κ3) is 16.6. The summed E-state index contributed by atoms with van der Waals surface area (Å²) >= 11 is 0. The third-order valence-corrected chi connectivity index (χ3v) is 31.4. The quantitative estimate of drug-likeness (QED) is 0.0860. The van der Waals surface area contributed by atoms with Crippen molar-refractivity contribution in [1.29, 1.82) is 0 Å². The number of ketones is 4. The maximum absolute atomic E-state index is 13.6. The van der Waals surface area contributed by atoms with E-state index in [-0.39, 0.29) is 91.2 Å². The van der Waals surface area contributed by atoms with Crippen LogP contribution in [0, 0.1) is 92.7 Å². The number of rotatable bonds is 13. The van der Waals surface area contributed by atoms with Crippen molar-refractivity contribution in [3.8, 4) is 0 Å². The number of carbonyl (C=O) groups excluding carboxylic acids is 4. The van der Waals surface area contributed by atoms with E-state index >= 15 is 0 Å². The molecule has 15 atom stereocenters. The number of fused-ring (bicyclic) bond motifs is 10. The molecule has 0 amide bonds. The molecule has 99 heavy (non-hydrogen) atoms. The molecule has 6 aromatic carbocycles. The zero-order valence-corrected chi connectivity index (χ0v) is 64.3. The number of carboxylic acids is 2. The Morgan fingerprint density at radius 3 is 1.20 bits per heavy atom. The second kappa shape index (κ2) is 33.8. The summed E-state index contributed by atoms with van der Waals surface area (Å²) in [7, 11) is -1.75. The van der Waals surface area contributed by atoms with Gasteiger partial charge in [-0.1, -0.05) is 189 Å². The van der Waals surface area contributed by atoms with Crippen molar-refractivity contribution in [1.82, 2.24) is 0 Å². The van der Waals surface area contributed by atoms with Gasteiger partial charge >= 0.3 is 11.9 Å². The summed E-state index contributed by atoms with van der Waals surface area (Å²) in [5.41, 5.74) is 2.74. The summed E-state index contributed by atoms with van der Waals surface area (Å²) in [5.74, 6) is 3.68. The Hall–Kier alpha value is -6.03. The molecule has 0 heterocycles. The second-order valence-corrected chi connectivity index (χ2v) is 36.5. The summed E-state index contributed by atoms with van der Waals surface area (Å²) in [6.45, 7) is 26.8. The van der Waals surface area contributed by atoms with Crippen LogP contribution in [0.25, 0.3) is 0 Å². The molecule has 11 unspecified atom stereocenters. The topological polar surface area (TPSA) is 143 Å². The summed E-state index contributed by atoms with van der Waals surface area (Å²) in [5, 5.41) is 25.6. The average Bonchev–Trinajstić information content (AvgIpc) is 1.69. The number of carbonyl (C=O) groups is 6. The number of Topliss-reactive ketones (excluding diaryl/α,β-unsaturated/α-hetero) is 4. The Labute approximate surface area is 608 Å². The Morgan fingerprint density at radius 1 is 0.465 bits per heavy atom. The molecule has 0 aliphatic heterocycles. The third-order valence-electron chi connectivity index (χ3n) is 25.9. The van der Waals surface area contributed by atoms with E-state index in [4.69, 9.17) is 10.2 Å². The van der Waals surface area contributed by atoms with E-state index in [1.165, 1.54) is 62.2 Å². The number of benzene rings is 6. The number of hydrogen-bond donors (Lipinski definition) is 2. The van der Waals surface area contributed by atoms with Crippen LogP contribution in [-0.4, -0.2) is 45.3 Å². The minimum Gasteiger partial charge on any atom is -0.481 e. The smallest absolute Gasteiger partial charge is 0.303 e. The summed E-state index contributed by atoms with van der Waals surface area (Å²) < 4.78 is 0. The van der Waals surface area contributed by atoms with Gasteiger partial charge in [0.05, 0.1) is 15.8 Å². The van der Waals surface area contributed by atoms with Crippen LogP contribution < -0.4 is 31.8 Å². The number of aliphatic carboxylic acids is 2. The molecule has 0 saturated heterocycles. The van der Waals surface area contributed by atoms with Gasteiger partial charge in [0, 0.05) is 83.3 Å².